The van der Waals surface area contributed by atoms with Crippen LogP contribution in [0, 0.1) is 23.6 Å². The van der Waals surface area contributed by atoms with Crippen molar-refractivity contribution in [1.82, 2.24) is 24.4 Å². The monoisotopic (exact) mass is 593 g/mol. The highest BCUT2D eigenvalue weighted by Gasteiger charge is 2.24. The number of carboxylic acid groups (broad SMARTS) is 1. The van der Waals surface area contributed by atoms with E-state index in [-0.39, 0.29) is 30.1 Å². The van der Waals surface area contributed by atoms with Crippen LogP contribution >= 0.6 is 0 Å². The highest BCUT2D eigenvalue weighted by atomic mass is 19.1. The molecule has 4 aromatic rings. The van der Waals surface area contributed by atoms with Gasteiger partial charge < -0.3 is 19.1 Å². The lowest BCUT2D eigenvalue weighted by Gasteiger charge is -2.29. The number of carbonyl (C=O) groups is 1. The molecular weight excluding hydrogens is 561 g/mol. The largest absolute Gasteiger partial charge is 0.478 e. The number of aromatic nitrogens is 4. The molecule has 0 amide bonds. The minimum absolute atomic E-state index is 0.0271. The molecule has 1 unspecified atom stereocenters. The van der Waals surface area contributed by atoms with Gasteiger partial charge in [0.05, 0.1) is 41.5 Å². The maximum atomic E-state index is 14.6. The molecule has 1 saturated heterocycles. The Morgan fingerprint density at radius 2 is 2.02 bits per heavy atom. The van der Waals surface area contributed by atoms with Crippen molar-refractivity contribution < 1.29 is 23.8 Å². The van der Waals surface area contributed by atoms with Crippen LogP contribution in [0.5, 0.6) is 6.01 Å². The molecule has 1 saturated carbocycles. The predicted octanol–water partition coefficient (Wildman–Crippen LogP) is 5.08. The smallest absolute Gasteiger partial charge is 0.335 e. The molecular formula is C34H32FN5O4. The topological polar surface area (TPSA) is 103 Å². The predicted molar refractivity (Wildman–Crippen MR) is 161 cm³/mol. The third-order valence-electron chi connectivity index (χ3n) is 8.28. The number of benzene rings is 2. The van der Waals surface area contributed by atoms with Gasteiger partial charge in [-0.25, -0.2) is 19.2 Å². The maximum absolute atomic E-state index is 14.6. The SMILES string of the molecule is O=C(O)c1ccc2nc(CN3CC=C(c4ccnc(OCc5ccc(C#CC6CC6)cc5F)n4)CC3)n(CC3CCO3)c2c1. The van der Waals surface area contributed by atoms with Gasteiger partial charge in [0.2, 0.25) is 0 Å². The van der Waals surface area contributed by atoms with Crippen LogP contribution in [0.15, 0.2) is 54.7 Å². The van der Waals surface area contributed by atoms with Gasteiger partial charge in [0, 0.05) is 42.9 Å². The lowest BCUT2D eigenvalue weighted by atomic mass is 10.0. The van der Waals surface area contributed by atoms with Crippen molar-refractivity contribution in [3.8, 4) is 17.9 Å². The summed E-state index contributed by atoms with van der Waals surface area (Å²) in [5.41, 5.74) is 4.83. The molecule has 4 heterocycles. The second-order valence-electron chi connectivity index (χ2n) is 11.5. The first kappa shape index (κ1) is 28.2. The number of hydrogen-bond acceptors (Lipinski definition) is 7. The molecule has 7 rings (SSSR count). The molecule has 9 nitrogen and oxygen atoms in total. The second kappa shape index (κ2) is 12.2. The first-order chi connectivity index (χ1) is 21.5. The summed E-state index contributed by atoms with van der Waals surface area (Å²) in [6.07, 6.45) is 7.96. The molecule has 1 atom stereocenters. The minimum atomic E-state index is -0.955. The van der Waals surface area contributed by atoms with Crippen LogP contribution in [0.1, 0.15) is 58.7 Å². The minimum Gasteiger partial charge on any atom is -0.478 e. The van der Waals surface area contributed by atoms with Crippen molar-refractivity contribution in [2.45, 2.75) is 51.5 Å². The molecule has 44 heavy (non-hydrogen) atoms. The van der Waals surface area contributed by atoms with Gasteiger partial charge in [-0.3, -0.25) is 4.90 Å². The van der Waals surface area contributed by atoms with Crippen molar-refractivity contribution in [2.24, 2.45) is 5.92 Å². The first-order valence-corrected chi connectivity index (χ1v) is 15.0. The van der Waals surface area contributed by atoms with Crippen LogP contribution in [0.25, 0.3) is 16.6 Å². The van der Waals surface area contributed by atoms with Gasteiger partial charge in [-0.2, -0.15) is 4.98 Å². The molecule has 2 aromatic carbocycles. The Balaban J connectivity index is 1.01. The van der Waals surface area contributed by atoms with Crippen molar-refractivity contribution in [3.63, 3.8) is 0 Å². The summed E-state index contributed by atoms with van der Waals surface area (Å²) < 4.78 is 28.2. The standard InChI is InChI=1S/C34H32FN5O4/c35-28-17-23(4-3-22-1-2-22)5-6-26(28)21-44-34-36-13-9-29(38-34)24-10-14-39(15-11-24)20-32-37-30-8-7-25(33(41)42)18-31(30)40(32)19-27-12-16-43-27/h5-10,13,17-18,22,27H,1-2,11-12,14-16,19-21H2,(H,41,42). The average Bonchev–Trinajstić information content (AvgIpc) is 3.78. The van der Waals surface area contributed by atoms with Gasteiger partial charge in [0.1, 0.15) is 18.2 Å². The maximum Gasteiger partial charge on any atom is 0.335 e. The van der Waals surface area contributed by atoms with Crippen molar-refractivity contribution in [3.05, 3.63) is 88.8 Å². The molecule has 1 aliphatic carbocycles. The summed E-state index contributed by atoms with van der Waals surface area (Å²) >= 11 is 0. The van der Waals surface area contributed by atoms with E-state index in [1.54, 1.807) is 30.5 Å². The van der Waals surface area contributed by atoms with E-state index in [1.807, 2.05) is 12.1 Å². The Bertz CT molecular complexity index is 1820. The van der Waals surface area contributed by atoms with E-state index in [0.29, 0.717) is 36.7 Å². The number of hydrogen-bond donors (Lipinski definition) is 1. The van der Waals surface area contributed by atoms with Crippen molar-refractivity contribution in [1.29, 1.82) is 0 Å². The van der Waals surface area contributed by atoms with E-state index >= 15 is 0 Å². The number of rotatable bonds is 9. The van der Waals surface area contributed by atoms with Gasteiger partial charge in [-0.15, -0.1) is 0 Å². The van der Waals surface area contributed by atoms with Gasteiger partial charge in [-0.05, 0) is 67.7 Å². The van der Waals surface area contributed by atoms with Gasteiger partial charge >= 0.3 is 12.0 Å². The molecule has 2 aromatic heterocycles. The first-order valence-electron chi connectivity index (χ1n) is 15.0. The zero-order chi connectivity index (χ0) is 30.0. The molecule has 224 valence electrons. The number of halogens is 1. The van der Waals surface area contributed by atoms with Crippen LogP contribution < -0.4 is 4.74 Å². The summed E-state index contributed by atoms with van der Waals surface area (Å²) in [4.78, 5) is 27.6. The zero-order valence-corrected chi connectivity index (χ0v) is 24.2. The normalized spacial score (nSPS) is 18.3. The zero-order valence-electron chi connectivity index (χ0n) is 24.2. The molecule has 0 spiro atoms. The molecule has 10 heteroatoms. The number of aromatic carboxylic acids is 1. The number of fused-ring (bicyclic) bond motifs is 1. The summed E-state index contributed by atoms with van der Waals surface area (Å²) in [5.74, 6) is 6.24. The van der Waals surface area contributed by atoms with Crippen LogP contribution in [-0.2, 0) is 24.4 Å². The lowest BCUT2D eigenvalue weighted by molar-refractivity contribution is -0.0591. The Kier molecular flexibility index (Phi) is 7.81. The van der Waals surface area contributed by atoms with E-state index in [9.17, 15) is 14.3 Å². The van der Waals surface area contributed by atoms with Crippen LogP contribution in [0.4, 0.5) is 4.39 Å². The molecule has 2 fully saturated rings. The molecule has 2 aliphatic heterocycles. The van der Waals surface area contributed by atoms with Crippen molar-refractivity contribution >= 4 is 22.6 Å². The fraction of sp³-hybridized carbons (Fsp3) is 0.353. The number of imidazole rings is 1. The quantitative estimate of drug-likeness (QED) is 0.268. The molecule has 3 aliphatic rings. The highest BCUT2D eigenvalue weighted by molar-refractivity contribution is 5.92. The highest BCUT2D eigenvalue weighted by Crippen LogP contribution is 2.28. The number of nitrogens with zero attached hydrogens (tertiary/aromatic N) is 5. The molecule has 0 radical (unpaired) electrons. The van der Waals surface area contributed by atoms with E-state index in [2.05, 4.69) is 37.4 Å². The fourth-order valence-electron chi connectivity index (χ4n) is 5.44. The third-order valence-corrected chi connectivity index (χ3v) is 8.28. The summed E-state index contributed by atoms with van der Waals surface area (Å²) in [6, 6.07) is 12.1. The summed E-state index contributed by atoms with van der Waals surface area (Å²) in [5, 5.41) is 9.51. The number of carboxylic acids is 1. The third kappa shape index (κ3) is 6.34. The number of ether oxygens (including phenoxy) is 2. The van der Waals surface area contributed by atoms with Crippen LogP contribution in [0.2, 0.25) is 0 Å². The van der Waals surface area contributed by atoms with Crippen LogP contribution in [0.3, 0.4) is 0 Å². The Hall–Kier alpha value is -4.59. The van der Waals surface area contributed by atoms with Crippen LogP contribution in [-0.4, -0.2) is 61.3 Å². The lowest BCUT2D eigenvalue weighted by Crippen LogP contribution is -2.33. The van der Waals surface area contributed by atoms with E-state index in [0.717, 1.165) is 67.0 Å². The Morgan fingerprint density at radius 3 is 2.75 bits per heavy atom. The summed E-state index contributed by atoms with van der Waals surface area (Å²) in [7, 11) is 0. The van der Waals surface area contributed by atoms with E-state index < -0.39 is 5.97 Å². The molecule has 1 N–H and O–H groups in total. The second-order valence-corrected chi connectivity index (χ2v) is 11.5. The Labute approximate surface area is 254 Å². The van der Waals surface area contributed by atoms with E-state index in [4.69, 9.17) is 14.5 Å². The van der Waals surface area contributed by atoms with Gasteiger partial charge in [-0.1, -0.05) is 24.0 Å². The fourth-order valence-corrected chi connectivity index (χ4v) is 5.44. The van der Waals surface area contributed by atoms with E-state index in [1.165, 1.54) is 6.07 Å². The van der Waals surface area contributed by atoms with Gasteiger partial charge in [0.25, 0.3) is 0 Å². The Morgan fingerprint density at radius 1 is 1.14 bits per heavy atom. The summed E-state index contributed by atoms with van der Waals surface area (Å²) in [6.45, 7) is 3.57. The molecule has 0 bridgehead atoms. The average molecular weight is 594 g/mol. The van der Waals surface area contributed by atoms with Crippen molar-refractivity contribution in [2.75, 3.05) is 19.7 Å². The van der Waals surface area contributed by atoms with Gasteiger partial charge in [0.15, 0.2) is 0 Å².